The summed E-state index contributed by atoms with van der Waals surface area (Å²) in [4.78, 5) is 44.2. The van der Waals surface area contributed by atoms with Gasteiger partial charge in [-0.25, -0.2) is 14.6 Å². The third-order valence-corrected chi connectivity index (χ3v) is 7.27. The molecule has 0 aromatic carbocycles. The molecule has 0 aromatic heterocycles. The lowest BCUT2D eigenvalue weighted by Crippen LogP contribution is -2.53. The molecule has 2 rings (SSSR count). The molecule has 0 radical (unpaired) electrons. The molecule has 0 unspecified atom stereocenters. The molecule has 2 fully saturated rings. The average molecular weight is 566 g/mol. The van der Waals surface area contributed by atoms with Crippen molar-refractivity contribution in [2.45, 2.75) is 154 Å². The highest BCUT2D eigenvalue weighted by Gasteiger charge is 2.31. The molecule has 10 nitrogen and oxygen atoms in total. The zero-order valence-corrected chi connectivity index (χ0v) is 25.6. The maximum absolute atomic E-state index is 13.5. The number of amidine groups is 1. The summed E-state index contributed by atoms with van der Waals surface area (Å²) in [6, 6.07) is -1.12. The van der Waals surface area contributed by atoms with E-state index in [2.05, 4.69) is 16.0 Å². The van der Waals surface area contributed by atoms with Gasteiger partial charge < -0.3 is 31.2 Å². The minimum absolute atomic E-state index is 0.127. The largest absolute Gasteiger partial charge is 0.444 e. The molecule has 5 N–H and O–H groups in total. The van der Waals surface area contributed by atoms with Gasteiger partial charge >= 0.3 is 12.1 Å². The number of carbonyl (C=O) groups excluding carboxylic acids is 3. The van der Waals surface area contributed by atoms with Crippen LogP contribution >= 0.6 is 0 Å². The van der Waals surface area contributed by atoms with Gasteiger partial charge in [0.25, 0.3) is 6.02 Å². The first-order chi connectivity index (χ1) is 19.0. The number of amides is 2. The molecule has 40 heavy (non-hydrogen) atoms. The second kappa shape index (κ2) is 17.5. The Morgan fingerprint density at radius 2 is 1.52 bits per heavy atom. The van der Waals surface area contributed by atoms with Crippen LogP contribution < -0.4 is 21.7 Å². The Labute approximate surface area is 241 Å². The lowest BCUT2D eigenvalue weighted by molar-refractivity contribution is -0.141. The van der Waals surface area contributed by atoms with Crippen molar-refractivity contribution in [1.82, 2.24) is 16.0 Å². The summed E-state index contributed by atoms with van der Waals surface area (Å²) in [5.74, 6) is -0.869. The van der Waals surface area contributed by atoms with Crippen LogP contribution in [0.3, 0.4) is 0 Å². The smallest absolute Gasteiger partial charge is 0.408 e. The highest BCUT2D eigenvalue weighted by Crippen LogP contribution is 2.22. The molecule has 0 aliphatic heterocycles. The van der Waals surface area contributed by atoms with Crippen LogP contribution in [0.5, 0.6) is 0 Å². The van der Waals surface area contributed by atoms with Crippen LogP contribution in [0.25, 0.3) is 0 Å². The molecule has 2 aliphatic rings. The van der Waals surface area contributed by atoms with E-state index < -0.39 is 35.7 Å². The average Bonchev–Trinajstić information content (AvgIpc) is 2.87. The van der Waals surface area contributed by atoms with Gasteiger partial charge in [-0.3, -0.25) is 4.79 Å². The Morgan fingerprint density at radius 1 is 0.900 bits per heavy atom. The molecule has 2 amide bonds. The van der Waals surface area contributed by atoms with E-state index in [1.165, 1.54) is 12.8 Å². The Morgan fingerprint density at radius 3 is 2.10 bits per heavy atom. The fourth-order valence-corrected chi connectivity index (χ4v) is 5.22. The maximum Gasteiger partial charge on any atom is 0.408 e. The van der Waals surface area contributed by atoms with Crippen LogP contribution in [0.4, 0.5) is 4.79 Å². The third-order valence-electron chi connectivity index (χ3n) is 7.27. The number of nitrogens with zero attached hydrogens (tertiary/aromatic N) is 1. The van der Waals surface area contributed by atoms with E-state index in [-0.39, 0.29) is 24.0 Å². The summed E-state index contributed by atoms with van der Waals surface area (Å²) < 4.78 is 11.3. The highest BCUT2D eigenvalue weighted by atomic mass is 16.6. The first kappa shape index (κ1) is 33.8. The summed E-state index contributed by atoms with van der Waals surface area (Å²) in [5, 5.41) is 8.95. The fourth-order valence-electron chi connectivity index (χ4n) is 5.22. The number of carbonyl (C=O) groups is 3. The van der Waals surface area contributed by atoms with Gasteiger partial charge in [0.1, 0.15) is 17.7 Å². The number of esters is 1. The van der Waals surface area contributed by atoms with E-state index in [0.29, 0.717) is 32.2 Å². The summed E-state index contributed by atoms with van der Waals surface area (Å²) in [6.07, 6.45) is 12.4. The summed E-state index contributed by atoms with van der Waals surface area (Å²) >= 11 is 0. The van der Waals surface area contributed by atoms with Gasteiger partial charge in [-0.2, -0.15) is 0 Å². The predicted octanol–water partition coefficient (Wildman–Crippen LogP) is 4.69. The fraction of sp³-hybridized carbons (Fsp3) is 0.867. The Kier molecular flexibility index (Phi) is 14.8. The maximum atomic E-state index is 13.5. The number of rotatable bonds is 12. The highest BCUT2D eigenvalue weighted by molar-refractivity contribution is 5.94. The van der Waals surface area contributed by atoms with Gasteiger partial charge in [-0.1, -0.05) is 52.4 Å². The number of nitrogens with one attached hydrogen (secondary N) is 3. The lowest BCUT2D eigenvalue weighted by Gasteiger charge is -2.27. The molecule has 2 saturated carbocycles. The quantitative estimate of drug-likeness (QED) is 0.116. The monoisotopic (exact) mass is 565 g/mol. The molecular weight excluding hydrogens is 510 g/mol. The number of hydrogen-bond acceptors (Lipinski definition) is 7. The molecule has 0 saturated heterocycles. The van der Waals surface area contributed by atoms with Crippen molar-refractivity contribution >= 4 is 24.0 Å². The van der Waals surface area contributed by atoms with Crippen molar-refractivity contribution in [2.75, 3.05) is 6.54 Å². The van der Waals surface area contributed by atoms with Crippen molar-refractivity contribution in [3.8, 4) is 0 Å². The minimum atomic E-state index is -0.890. The number of alkyl carbamates (subject to hydrolysis) is 1. The summed E-state index contributed by atoms with van der Waals surface area (Å²) in [5.41, 5.74) is 5.00. The van der Waals surface area contributed by atoms with Gasteiger partial charge in [-0.15, -0.1) is 0 Å². The van der Waals surface area contributed by atoms with E-state index in [4.69, 9.17) is 20.2 Å². The van der Waals surface area contributed by atoms with Crippen molar-refractivity contribution in [2.24, 2.45) is 16.6 Å². The molecule has 2 aliphatic carbocycles. The van der Waals surface area contributed by atoms with Crippen LogP contribution in [0.2, 0.25) is 0 Å². The molecule has 2 atom stereocenters. The lowest BCUT2D eigenvalue weighted by atomic mass is 9.95. The zero-order chi connectivity index (χ0) is 29.5. The molecule has 0 heterocycles. The van der Waals surface area contributed by atoms with Crippen molar-refractivity contribution in [3.63, 3.8) is 0 Å². The first-order valence-electron chi connectivity index (χ1n) is 15.5. The van der Waals surface area contributed by atoms with Crippen LogP contribution in [0.15, 0.2) is 4.99 Å². The first-order valence-corrected chi connectivity index (χ1v) is 15.5. The van der Waals surface area contributed by atoms with Crippen molar-refractivity contribution in [3.05, 3.63) is 0 Å². The van der Waals surface area contributed by atoms with Crippen molar-refractivity contribution < 1.29 is 23.9 Å². The number of aliphatic imine (C=N–C) groups is 1. The van der Waals surface area contributed by atoms with E-state index >= 15 is 0 Å². The molecular formula is C30H55N5O5. The van der Waals surface area contributed by atoms with Gasteiger partial charge in [0.05, 0.1) is 6.04 Å². The second-order valence-corrected chi connectivity index (χ2v) is 12.8. The van der Waals surface area contributed by atoms with Crippen LogP contribution in [0, 0.1) is 5.92 Å². The van der Waals surface area contributed by atoms with Crippen LogP contribution in [-0.4, -0.2) is 60.3 Å². The van der Waals surface area contributed by atoms with Gasteiger partial charge in [-0.05, 0) is 84.6 Å². The Bertz CT molecular complexity index is 814. The zero-order valence-electron chi connectivity index (χ0n) is 25.6. The molecule has 230 valence electrons. The third kappa shape index (κ3) is 13.8. The number of unbranched alkanes of at least 4 members (excludes halogenated alkanes) is 1. The predicted molar refractivity (Wildman–Crippen MR) is 158 cm³/mol. The van der Waals surface area contributed by atoms with E-state index in [1.807, 2.05) is 13.8 Å². The minimum Gasteiger partial charge on any atom is -0.444 e. The molecule has 0 bridgehead atoms. The summed E-state index contributed by atoms with van der Waals surface area (Å²) in [7, 11) is 0. The summed E-state index contributed by atoms with van der Waals surface area (Å²) in [6.45, 7) is 9.72. The van der Waals surface area contributed by atoms with Crippen molar-refractivity contribution in [1.29, 1.82) is 0 Å². The topological polar surface area (TPSA) is 144 Å². The number of hydrogen-bond donors (Lipinski definition) is 4. The van der Waals surface area contributed by atoms with Gasteiger partial charge in [0.15, 0.2) is 0 Å². The van der Waals surface area contributed by atoms with E-state index in [9.17, 15) is 14.4 Å². The Hall–Kier alpha value is -2.36. The van der Waals surface area contributed by atoms with Gasteiger partial charge in [0, 0.05) is 6.04 Å². The van der Waals surface area contributed by atoms with E-state index in [0.717, 1.165) is 51.4 Å². The second-order valence-electron chi connectivity index (χ2n) is 12.8. The standard InChI is InChI=1S/C30H55N5O5/c1-21(2)20-25(35-29(38)40-30(3,4)5)26(36)34-24(18-12-13-19-31)27(37)39-28(32-22-14-8-6-9-15-22)33-23-16-10-7-11-17-23/h21-25H,6-20,31H2,1-5H3,(H,32,33)(H,34,36)(H,35,38)/t24-,25+/m1/s1. The van der Waals surface area contributed by atoms with Gasteiger partial charge in [0.2, 0.25) is 5.91 Å². The Balaban J connectivity index is 2.17. The van der Waals surface area contributed by atoms with Crippen LogP contribution in [-0.2, 0) is 19.1 Å². The normalized spacial score (nSPS) is 19.0. The number of ether oxygens (including phenoxy) is 2. The van der Waals surface area contributed by atoms with E-state index in [1.54, 1.807) is 20.8 Å². The SMILES string of the molecule is CC(C)C[C@H](NC(=O)OC(C)(C)C)C(=O)N[C@H](CCCCN)C(=O)OC(=NC1CCCCC1)NC1CCCCC1. The molecule has 10 heteroatoms. The molecule has 0 aromatic rings. The van der Waals surface area contributed by atoms with Crippen LogP contribution in [0.1, 0.15) is 125 Å². The molecule has 0 spiro atoms. The number of nitrogens with two attached hydrogens (primary N) is 1.